The highest BCUT2D eigenvalue weighted by atomic mass is 16.5. The first-order chi connectivity index (χ1) is 13.6. The van der Waals surface area contributed by atoms with E-state index in [0.717, 1.165) is 16.7 Å². The minimum Gasteiger partial charge on any atom is -0.465 e. The zero-order valence-electron chi connectivity index (χ0n) is 16.1. The summed E-state index contributed by atoms with van der Waals surface area (Å²) in [4.78, 5) is 29.0. The van der Waals surface area contributed by atoms with E-state index in [1.165, 1.54) is 0 Å². The Morgan fingerprint density at radius 1 is 1.11 bits per heavy atom. The van der Waals surface area contributed by atoms with Crippen molar-refractivity contribution in [2.24, 2.45) is 10.9 Å². The Hall–Kier alpha value is -2.99. The molecule has 6 nitrogen and oxygen atoms in total. The molecule has 2 amide bonds. The molecule has 28 heavy (non-hydrogen) atoms. The van der Waals surface area contributed by atoms with Gasteiger partial charge in [0.1, 0.15) is 5.92 Å². The minimum absolute atomic E-state index is 0.272. The molecule has 0 aliphatic carbocycles. The van der Waals surface area contributed by atoms with Gasteiger partial charge in [-0.15, -0.1) is 0 Å². The Bertz CT molecular complexity index is 847. The van der Waals surface area contributed by atoms with E-state index >= 15 is 0 Å². The Kier molecular flexibility index (Phi) is 6.55. The average Bonchev–Trinajstić information content (AvgIpc) is 2.69. The van der Waals surface area contributed by atoms with E-state index in [1.807, 2.05) is 61.5 Å². The second-order valence-corrected chi connectivity index (χ2v) is 6.76. The molecule has 2 unspecified atom stereocenters. The van der Waals surface area contributed by atoms with Crippen LogP contribution in [0.1, 0.15) is 29.7 Å². The molecule has 6 heteroatoms. The van der Waals surface area contributed by atoms with E-state index in [0.29, 0.717) is 18.8 Å². The van der Waals surface area contributed by atoms with E-state index in [1.54, 1.807) is 6.92 Å². The topological polar surface area (TPSA) is 79.8 Å². The Balaban J connectivity index is 1.81. The van der Waals surface area contributed by atoms with E-state index in [2.05, 4.69) is 15.6 Å². The van der Waals surface area contributed by atoms with Gasteiger partial charge in [0.25, 0.3) is 0 Å². The summed E-state index contributed by atoms with van der Waals surface area (Å²) in [6, 6.07) is 16.8. The molecular formula is C22H25N3O3. The van der Waals surface area contributed by atoms with Crippen LogP contribution in [0.3, 0.4) is 0 Å². The number of urea groups is 1. The maximum Gasteiger partial charge on any atom is 0.341 e. The normalized spacial score (nSPS) is 18.9. The lowest BCUT2D eigenvalue weighted by Crippen LogP contribution is -2.48. The summed E-state index contributed by atoms with van der Waals surface area (Å²) in [5.74, 6) is -1.04. The average molecular weight is 379 g/mol. The van der Waals surface area contributed by atoms with Crippen LogP contribution >= 0.6 is 0 Å². The number of nitrogens with zero attached hydrogens (tertiary/aromatic N) is 1. The van der Waals surface area contributed by atoms with Crippen LogP contribution in [0.25, 0.3) is 0 Å². The third kappa shape index (κ3) is 4.84. The van der Waals surface area contributed by atoms with Crippen molar-refractivity contribution in [2.45, 2.75) is 26.4 Å². The number of carbonyl (C=O) groups is 2. The zero-order valence-corrected chi connectivity index (χ0v) is 16.1. The van der Waals surface area contributed by atoms with Crippen molar-refractivity contribution in [1.29, 1.82) is 0 Å². The van der Waals surface area contributed by atoms with Crippen LogP contribution in [0.4, 0.5) is 4.79 Å². The number of nitrogens with one attached hydrogen (secondary N) is 2. The Morgan fingerprint density at radius 3 is 2.50 bits per heavy atom. The Morgan fingerprint density at radius 2 is 1.82 bits per heavy atom. The maximum absolute atomic E-state index is 12.7. The first kappa shape index (κ1) is 19.8. The molecule has 2 atom stereocenters. The van der Waals surface area contributed by atoms with Crippen molar-refractivity contribution in [1.82, 2.24) is 10.6 Å². The number of aliphatic imine (C=N–C) groups is 1. The zero-order chi connectivity index (χ0) is 19.9. The molecule has 2 aromatic carbocycles. The third-order valence-electron chi connectivity index (χ3n) is 4.67. The van der Waals surface area contributed by atoms with Crippen LogP contribution in [0.5, 0.6) is 0 Å². The summed E-state index contributed by atoms with van der Waals surface area (Å²) < 4.78 is 5.29. The second kappa shape index (κ2) is 9.28. The molecule has 2 N–H and O–H groups in total. The van der Waals surface area contributed by atoms with Gasteiger partial charge in [-0.3, -0.25) is 4.79 Å². The lowest BCUT2D eigenvalue weighted by atomic mass is 9.87. The molecule has 0 saturated heterocycles. The van der Waals surface area contributed by atoms with Gasteiger partial charge in [-0.2, -0.15) is 0 Å². The quantitative estimate of drug-likeness (QED) is 0.724. The SMILES string of the molecule is CCOC(=O)C1C(CNCc2ccccc2)=NC(=O)NC1c1ccc(C)cc1. The van der Waals surface area contributed by atoms with Gasteiger partial charge < -0.3 is 15.4 Å². The van der Waals surface area contributed by atoms with Gasteiger partial charge in [0.05, 0.1) is 18.4 Å². The monoisotopic (exact) mass is 379 g/mol. The summed E-state index contributed by atoms with van der Waals surface area (Å²) in [5.41, 5.74) is 3.57. The van der Waals surface area contributed by atoms with Crippen LogP contribution in [0.2, 0.25) is 0 Å². The molecule has 0 aromatic heterocycles. The van der Waals surface area contributed by atoms with Gasteiger partial charge >= 0.3 is 12.0 Å². The van der Waals surface area contributed by atoms with Crippen molar-refractivity contribution in [3.63, 3.8) is 0 Å². The van der Waals surface area contributed by atoms with Crippen LogP contribution in [-0.2, 0) is 16.1 Å². The summed E-state index contributed by atoms with van der Waals surface area (Å²) in [6.45, 7) is 4.98. The number of aryl methyl sites for hydroxylation is 1. The number of hydrogen-bond acceptors (Lipinski definition) is 4. The van der Waals surface area contributed by atoms with Crippen molar-refractivity contribution in [2.75, 3.05) is 13.2 Å². The number of ether oxygens (including phenoxy) is 1. The fraction of sp³-hybridized carbons (Fsp3) is 0.318. The molecule has 3 rings (SSSR count). The largest absolute Gasteiger partial charge is 0.465 e. The molecule has 2 aromatic rings. The number of rotatable bonds is 7. The number of esters is 1. The van der Waals surface area contributed by atoms with Gasteiger partial charge in [0.15, 0.2) is 0 Å². The first-order valence-electron chi connectivity index (χ1n) is 9.44. The van der Waals surface area contributed by atoms with E-state index < -0.39 is 18.0 Å². The number of hydrogen-bond donors (Lipinski definition) is 2. The smallest absolute Gasteiger partial charge is 0.341 e. The molecule has 0 bridgehead atoms. The summed E-state index contributed by atoms with van der Waals surface area (Å²) in [6.07, 6.45) is 0. The standard InChI is InChI=1S/C22H25N3O3/c1-3-28-21(26)19-18(14-23-13-16-7-5-4-6-8-16)24-22(27)25-20(19)17-11-9-15(2)10-12-17/h4-12,19-20,23H,3,13-14H2,1-2H3,(H,25,27). The van der Waals surface area contributed by atoms with Gasteiger partial charge in [0, 0.05) is 13.1 Å². The molecule has 1 aliphatic rings. The minimum atomic E-state index is -0.663. The summed E-state index contributed by atoms with van der Waals surface area (Å²) in [7, 11) is 0. The first-order valence-corrected chi connectivity index (χ1v) is 9.44. The van der Waals surface area contributed by atoms with E-state index in [-0.39, 0.29) is 12.6 Å². The highest BCUT2D eigenvalue weighted by Gasteiger charge is 2.39. The molecule has 0 saturated carbocycles. The predicted octanol–water partition coefficient (Wildman–Crippen LogP) is 3.17. The third-order valence-corrected chi connectivity index (χ3v) is 4.67. The molecule has 0 spiro atoms. The van der Waals surface area contributed by atoms with Crippen LogP contribution in [-0.4, -0.2) is 30.9 Å². The predicted molar refractivity (Wildman–Crippen MR) is 108 cm³/mol. The number of benzene rings is 2. The van der Waals surface area contributed by atoms with Crippen molar-refractivity contribution < 1.29 is 14.3 Å². The second-order valence-electron chi connectivity index (χ2n) is 6.76. The van der Waals surface area contributed by atoms with E-state index in [4.69, 9.17) is 4.74 Å². The molecular weight excluding hydrogens is 354 g/mol. The van der Waals surface area contributed by atoms with Crippen molar-refractivity contribution >= 4 is 17.7 Å². The van der Waals surface area contributed by atoms with Crippen LogP contribution in [0, 0.1) is 12.8 Å². The molecule has 146 valence electrons. The van der Waals surface area contributed by atoms with Gasteiger partial charge in [0.2, 0.25) is 0 Å². The molecule has 0 radical (unpaired) electrons. The van der Waals surface area contributed by atoms with E-state index in [9.17, 15) is 9.59 Å². The lowest BCUT2D eigenvalue weighted by molar-refractivity contribution is -0.146. The molecule has 0 fully saturated rings. The van der Waals surface area contributed by atoms with Crippen LogP contribution in [0.15, 0.2) is 59.6 Å². The fourth-order valence-corrected chi connectivity index (χ4v) is 3.27. The highest BCUT2D eigenvalue weighted by Crippen LogP contribution is 2.28. The Labute approximate surface area is 165 Å². The summed E-state index contributed by atoms with van der Waals surface area (Å²) in [5, 5.41) is 6.11. The van der Waals surface area contributed by atoms with Crippen molar-refractivity contribution in [3.8, 4) is 0 Å². The number of carbonyl (C=O) groups excluding carboxylic acids is 2. The molecule has 1 heterocycles. The summed E-state index contributed by atoms with van der Waals surface area (Å²) >= 11 is 0. The van der Waals surface area contributed by atoms with Crippen molar-refractivity contribution in [3.05, 3.63) is 71.3 Å². The van der Waals surface area contributed by atoms with Gasteiger partial charge in [-0.25, -0.2) is 9.79 Å². The maximum atomic E-state index is 12.7. The molecule has 1 aliphatic heterocycles. The highest BCUT2D eigenvalue weighted by molar-refractivity contribution is 6.10. The lowest BCUT2D eigenvalue weighted by Gasteiger charge is -2.31. The number of amides is 2. The van der Waals surface area contributed by atoms with Crippen LogP contribution < -0.4 is 10.6 Å². The fourth-order valence-electron chi connectivity index (χ4n) is 3.27. The van der Waals surface area contributed by atoms with Gasteiger partial charge in [-0.05, 0) is 25.0 Å². The van der Waals surface area contributed by atoms with Gasteiger partial charge in [-0.1, -0.05) is 60.2 Å².